The smallest absolute Gasteiger partial charge is 0.310 e. The number of carbonyl (C=O) groups is 1. The molecule has 0 saturated carbocycles. The van der Waals surface area contributed by atoms with Gasteiger partial charge in [-0.1, -0.05) is 70.6 Å². The van der Waals surface area contributed by atoms with Crippen LogP contribution in [0.4, 0.5) is 0 Å². The van der Waals surface area contributed by atoms with Crippen molar-refractivity contribution in [2.24, 2.45) is 0 Å². The monoisotopic (exact) mass is 324 g/mol. The van der Waals surface area contributed by atoms with Crippen molar-refractivity contribution in [1.29, 1.82) is 0 Å². The average Bonchev–Trinajstić information content (AvgIpc) is 2.53. The van der Waals surface area contributed by atoms with Crippen LogP contribution < -0.4 is 0 Å². The van der Waals surface area contributed by atoms with Crippen LogP contribution in [0.2, 0.25) is 0 Å². The van der Waals surface area contributed by atoms with Gasteiger partial charge in [-0.05, 0) is 32.1 Å². The lowest BCUT2D eigenvalue weighted by Gasteiger charge is -2.07. The first-order valence-corrected chi connectivity index (χ1v) is 9.34. The molecule has 0 aromatic heterocycles. The maximum atomic E-state index is 11.1. The van der Waals surface area contributed by atoms with Crippen molar-refractivity contribution in [3.05, 3.63) is 25.0 Å². The highest BCUT2D eigenvalue weighted by molar-refractivity contribution is 5.69. The van der Waals surface area contributed by atoms with Gasteiger partial charge in [0.15, 0.2) is 0 Å². The fourth-order valence-electron chi connectivity index (χ4n) is 2.51. The van der Waals surface area contributed by atoms with E-state index in [0.29, 0.717) is 6.42 Å². The van der Waals surface area contributed by atoms with E-state index in [-0.39, 0.29) is 12.1 Å². The van der Waals surface area contributed by atoms with Gasteiger partial charge in [-0.2, -0.15) is 0 Å². The number of rotatable bonds is 16. The normalized spacial score (nSPS) is 12.4. The molecule has 0 saturated heterocycles. The minimum Gasteiger partial charge on any atom is -0.435 e. The molecule has 0 amide bonds. The Balaban J connectivity index is 3.30. The number of carbonyl (C=O) groups excluding carboxylic acids is 1. The molecule has 0 aliphatic carbocycles. The van der Waals surface area contributed by atoms with Gasteiger partial charge in [0.25, 0.3) is 0 Å². The average molecular weight is 325 g/mol. The lowest BCUT2D eigenvalue weighted by Crippen LogP contribution is -2.04. The van der Waals surface area contributed by atoms with Gasteiger partial charge in [-0.15, -0.1) is 0 Å². The molecule has 0 unspecified atom stereocenters. The van der Waals surface area contributed by atoms with Crippen molar-refractivity contribution in [2.45, 2.75) is 96.5 Å². The molecular weight excluding hydrogens is 288 g/mol. The summed E-state index contributed by atoms with van der Waals surface area (Å²) in [5.41, 5.74) is 0. The molecule has 0 fully saturated rings. The Hall–Kier alpha value is -1.09. The van der Waals surface area contributed by atoms with Crippen molar-refractivity contribution in [3.8, 4) is 0 Å². The number of hydrogen-bond donors (Lipinski definition) is 1. The second-order valence-electron chi connectivity index (χ2n) is 6.17. The van der Waals surface area contributed by atoms with Crippen LogP contribution in [0.5, 0.6) is 0 Å². The molecule has 1 N–H and O–H groups in total. The zero-order valence-corrected chi connectivity index (χ0v) is 15.0. The van der Waals surface area contributed by atoms with Crippen LogP contribution >= 0.6 is 0 Å². The third-order valence-corrected chi connectivity index (χ3v) is 3.93. The molecule has 0 aromatic carbocycles. The molecule has 1 atom stereocenters. The van der Waals surface area contributed by atoms with Crippen LogP contribution in [-0.4, -0.2) is 17.2 Å². The summed E-state index contributed by atoms with van der Waals surface area (Å²) in [4.78, 5) is 11.1. The minimum absolute atomic E-state index is 0.168. The first-order chi connectivity index (χ1) is 11.2. The summed E-state index contributed by atoms with van der Waals surface area (Å²) < 4.78 is 4.67. The highest BCUT2D eigenvalue weighted by Gasteiger charge is 2.01. The molecule has 134 valence electrons. The van der Waals surface area contributed by atoms with E-state index in [1.54, 1.807) is 0 Å². The Bertz CT molecular complexity index is 310. The molecule has 0 aromatic rings. The van der Waals surface area contributed by atoms with E-state index in [4.69, 9.17) is 0 Å². The second kappa shape index (κ2) is 17.3. The highest BCUT2D eigenvalue weighted by atomic mass is 16.5. The summed E-state index contributed by atoms with van der Waals surface area (Å²) in [5.74, 6) is -0.184. The van der Waals surface area contributed by atoms with E-state index in [1.807, 2.05) is 0 Å². The number of aliphatic hydroxyl groups is 1. The molecular formula is C20H36O3. The topological polar surface area (TPSA) is 46.5 Å². The van der Waals surface area contributed by atoms with E-state index in [1.165, 1.54) is 38.4 Å². The number of allylic oxidation sites excluding steroid dienone is 1. The molecule has 0 aliphatic rings. The quantitative estimate of drug-likeness (QED) is 0.172. The van der Waals surface area contributed by atoms with Crippen LogP contribution in [-0.2, 0) is 9.53 Å². The summed E-state index contributed by atoms with van der Waals surface area (Å²) in [6.45, 7) is 5.57. The van der Waals surface area contributed by atoms with Gasteiger partial charge < -0.3 is 9.84 Å². The molecule has 3 nitrogen and oxygen atoms in total. The molecule has 3 heteroatoms. The van der Waals surface area contributed by atoms with Gasteiger partial charge in [0.1, 0.15) is 0 Å². The summed E-state index contributed by atoms with van der Waals surface area (Å²) in [7, 11) is 0. The summed E-state index contributed by atoms with van der Waals surface area (Å²) in [5, 5.41) is 9.84. The second-order valence-corrected chi connectivity index (χ2v) is 6.17. The Morgan fingerprint density at radius 3 is 2.48 bits per heavy atom. The predicted molar refractivity (Wildman–Crippen MR) is 97.1 cm³/mol. The Morgan fingerprint density at radius 2 is 1.74 bits per heavy atom. The van der Waals surface area contributed by atoms with E-state index < -0.39 is 0 Å². The number of hydrogen-bond acceptors (Lipinski definition) is 3. The van der Waals surface area contributed by atoms with E-state index >= 15 is 0 Å². The van der Waals surface area contributed by atoms with E-state index in [2.05, 4.69) is 30.4 Å². The predicted octanol–water partition coefficient (Wildman–Crippen LogP) is 5.68. The Kier molecular flexibility index (Phi) is 16.4. The number of unbranched alkanes of at least 4 members (excludes halogenated alkanes) is 8. The van der Waals surface area contributed by atoms with Crippen LogP contribution in [0.25, 0.3) is 0 Å². The fourth-order valence-corrected chi connectivity index (χ4v) is 2.51. The molecule has 0 spiro atoms. The molecule has 0 radical (unpaired) electrons. The maximum Gasteiger partial charge on any atom is 0.310 e. The van der Waals surface area contributed by atoms with Crippen molar-refractivity contribution < 1.29 is 14.6 Å². The van der Waals surface area contributed by atoms with Gasteiger partial charge in [0.2, 0.25) is 0 Å². The van der Waals surface area contributed by atoms with E-state index in [9.17, 15) is 9.90 Å². The van der Waals surface area contributed by atoms with Crippen LogP contribution in [0.3, 0.4) is 0 Å². The number of esters is 1. The molecule has 0 aliphatic heterocycles. The maximum absolute atomic E-state index is 11.1. The fraction of sp³-hybridized carbons (Fsp3) is 0.750. The van der Waals surface area contributed by atoms with Crippen molar-refractivity contribution in [2.75, 3.05) is 0 Å². The van der Waals surface area contributed by atoms with Crippen LogP contribution in [0, 0.1) is 0 Å². The van der Waals surface area contributed by atoms with Crippen molar-refractivity contribution in [1.82, 2.24) is 0 Å². The first kappa shape index (κ1) is 21.9. The van der Waals surface area contributed by atoms with Crippen molar-refractivity contribution >= 4 is 5.97 Å². The summed E-state index contributed by atoms with van der Waals surface area (Å²) >= 11 is 0. The lowest BCUT2D eigenvalue weighted by molar-refractivity contribution is -0.138. The van der Waals surface area contributed by atoms with Crippen LogP contribution in [0.15, 0.2) is 25.0 Å². The van der Waals surface area contributed by atoms with Crippen LogP contribution in [0.1, 0.15) is 90.4 Å². The number of aliphatic hydroxyl groups excluding tert-OH is 1. The van der Waals surface area contributed by atoms with Gasteiger partial charge in [0, 0.05) is 6.42 Å². The van der Waals surface area contributed by atoms with Gasteiger partial charge in [-0.25, -0.2) is 0 Å². The Morgan fingerprint density at radius 1 is 1.04 bits per heavy atom. The third-order valence-electron chi connectivity index (χ3n) is 3.93. The van der Waals surface area contributed by atoms with E-state index in [0.717, 1.165) is 44.9 Å². The Labute approximate surface area is 142 Å². The lowest BCUT2D eigenvalue weighted by atomic mass is 10.1. The number of ether oxygens (including phenoxy) is 1. The van der Waals surface area contributed by atoms with Gasteiger partial charge >= 0.3 is 5.97 Å². The highest BCUT2D eigenvalue weighted by Crippen LogP contribution is 2.10. The summed E-state index contributed by atoms with van der Waals surface area (Å²) in [6, 6.07) is 0. The van der Waals surface area contributed by atoms with Gasteiger partial charge in [0.05, 0.1) is 12.4 Å². The first-order valence-electron chi connectivity index (χ1n) is 9.34. The largest absolute Gasteiger partial charge is 0.435 e. The zero-order valence-electron chi connectivity index (χ0n) is 15.0. The summed E-state index contributed by atoms with van der Waals surface area (Å²) in [6.07, 6.45) is 19.0. The van der Waals surface area contributed by atoms with Crippen molar-refractivity contribution in [3.63, 3.8) is 0 Å². The molecule has 0 rings (SSSR count). The zero-order chi connectivity index (χ0) is 17.2. The third kappa shape index (κ3) is 17.1. The molecule has 0 bridgehead atoms. The SMILES string of the molecule is C=COC(=O)CCCCCCCC=CC[C@H](O)CCCCCC. The minimum atomic E-state index is -0.184. The molecule has 0 heterocycles. The standard InChI is InChI=1S/C20H36O3/c1-3-5-6-13-16-19(21)17-14-11-9-7-8-10-12-15-18-20(22)23-4-2/h4,11,14,19,21H,2-3,5-10,12-13,15-18H2,1H3/t19-/m1/s1. The van der Waals surface area contributed by atoms with Gasteiger partial charge in [-0.3, -0.25) is 4.79 Å². The molecule has 23 heavy (non-hydrogen) atoms.